The minimum absolute atomic E-state index is 0.152. The largest absolute Gasteiger partial charge is 0.368 e. The highest BCUT2D eigenvalue weighted by Crippen LogP contribution is 2.17. The Morgan fingerprint density at radius 2 is 1.78 bits per heavy atom. The third-order valence-corrected chi connectivity index (χ3v) is 5.52. The van der Waals surface area contributed by atoms with Gasteiger partial charge in [-0.15, -0.1) is 0 Å². The maximum atomic E-state index is 12.1. The summed E-state index contributed by atoms with van der Waals surface area (Å²) in [5, 5.41) is 6.53. The molecule has 6 heteroatoms. The lowest BCUT2D eigenvalue weighted by Gasteiger charge is -2.37. The average Bonchev–Trinajstić information content (AvgIpc) is 2.73. The first-order valence-electron chi connectivity index (χ1n) is 10.3. The summed E-state index contributed by atoms with van der Waals surface area (Å²) in [7, 11) is 1.81. The Balaban J connectivity index is 1.37. The summed E-state index contributed by atoms with van der Waals surface area (Å²) in [6.07, 6.45) is 6.55. The fraction of sp³-hybridized carbons (Fsp3) is 0.619. The van der Waals surface area contributed by atoms with Gasteiger partial charge in [-0.1, -0.05) is 37.5 Å². The summed E-state index contributed by atoms with van der Waals surface area (Å²) in [6, 6.07) is 10.9. The first-order chi connectivity index (χ1) is 13.3. The van der Waals surface area contributed by atoms with E-state index in [0.29, 0.717) is 19.0 Å². The second-order valence-corrected chi connectivity index (χ2v) is 7.44. The van der Waals surface area contributed by atoms with Gasteiger partial charge in [0.15, 0.2) is 5.96 Å². The fourth-order valence-corrected chi connectivity index (χ4v) is 3.98. The Morgan fingerprint density at radius 1 is 1.07 bits per heavy atom. The molecule has 27 heavy (non-hydrogen) atoms. The van der Waals surface area contributed by atoms with Crippen molar-refractivity contribution in [3.8, 4) is 0 Å². The van der Waals surface area contributed by atoms with Gasteiger partial charge in [-0.25, -0.2) is 0 Å². The van der Waals surface area contributed by atoms with E-state index in [1.165, 1.54) is 24.9 Å². The number of aliphatic imine (C=N–C) groups is 1. The van der Waals surface area contributed by atoms with Crippen molar-refractivity contribution in [3.63, 3.8) is 0 Å². The summed E-state index contributed by atoms with van der Waals surface area (Å²) < 4.78 is 0. The van der Waals surface area contributed by atoms with Crippen LogP contribution in [0.3, 0.4) is 0 Å². The number of rotatable bonds is 5. The number of hydrogen-bond donors (Lipinski definition) is 2. The molecule has 0 atom stereocenters. The van der Waals surface area contributed by atoms with Crippen molar-refractivity contribution in [3.05, 3.63) is 30.3 Å². The quantitative estimate of drug-likeness (QED) is 0.616. The zero-order valence-corrected chi connectivity index (χ0v) is 16.5. The maximum Gasteiger partial charge on any atom is 0.221 e. The average molecular weight is 372 g/mol. The highest BCUT2D eigenvalue weighted by atomic mass is 16.1. The lowest BCUT2D eigenvalue weighted by Crippen LogP contribution is -2.53. The highest BCUT2D eigenvalue weighted by molar-refractivity contribution is 5.81. The SMILES string of the molecule is CN=C(NCCC(=O)NC1CCCCC1)N1CCN(c2ccccc2)CC1. The fourth-order valence-electron chi connectivity index (χ4n) is 3.98. The number of nitrogens with one attached hydrogen (secondary N) is 2. The first-order valence-corrected chi connectivity index (χ1v) is 10.3. The van der Waals surface area contributed by atoms with Crippen molar-refractivity contribution in [1.82, 2.24) is 15.5 Å². The van der Waals surface area contributed by atoms with Crippen LogP contribution >= 0.6 is 0 Å². The lowest BCUT2D eigenvalue weighted by atomic mass is 9.95. The van der Waals surface area contributed by atoms with E-state index in [9.17, 15) is 4.79 Å². The third-order valence-electron chi connectivity index (χ3n) is 5.52. The van der Waals surface area contributed by atoms with Gasteiger partial charge in [0.2, 0.25) is 5.91 Å². The van der Waals surface area contributed by atoms with Crippen molar-refractivity contribution < 1.29 is 4.79 Å². The number of carbonyl (C=O) groups excluding carboxylic acids is 1. The number of benzene rings is 1. The number of carbonyl (C=O) groups is 1. The van der Waals surface area contributed by atoms with Crippen LogP contribution in [-0.4, -0.2) is 62.6 Å². The van der Waals surface area contributed by atoms with E-state index in [4.69, 9.17) is 0 Å². The van der Waals surface area contributed by atoms with Crippen molar-refractivity contribution in [2.45, 2.75) is 44.6 Å². The topological polar surface area (TPSA) is 60.0 Å². The molecular formula is C21H33N5O. The minimum atomic E-state index is 0.152. The van der Waals surface area contributed by atoms with E-state index >= 15 is 0 Å². The van der Waals surface area contributed by atoms with Gasteiger partial charge in [0.05, 0.1) is 0 Å². The summed E-state index contributed by atoms with van der Waals surface area (Å²) in [5.74, 6) is 1.05. The highest BCUT2D eigenvalue weighted by Gasteiger charge is 2.20. The summed E-state index contributed by atoms with van der Waals surface area (Å²) in [4.78, 5) is 21.2. The number of hydrogen-bond acceptors (Lipinski definition) is 3. The predicted molar refractivity (Wildman–Crippen MR) is 111 cm³/mol. The number of anilines is 1. The van der Waals surface area contributed by atoms with Gasteiger partial charge >= 0.3 is 0 Å². The van der Waals surface area contributed by atoms with Crippen LogP contribution in [-0.2, 0) is 4.79 Å². The number of amides is 1. The van der Waals surface area contributed by atoms with Crippen molar-refractivity contribution in [2.24, 2.45) is 4.99 Å². The van der Waals surface area contributed by atoms with E-state index in [1.54, 1.807) is 0 Å². The molecule has 6 nitrogen and oxygen atoms in total. The molecule has 2 N–H and O–H groups in total. The van der Waals surface area contributed by atoms with Gasteiger partial charge in [0.25, 0.3) is 0 Å². The molecular weight excluding hydrogens is 338 g/mol. The number of piperazine rings is 1. The number of nitrogens with zero attached hydrogens (tertiary/aromatic N) is 3. The predicted octanol–water partition coefficient (Wildman–Crippen LogP) is 2.22. The Bertz CT molecular complexity index is 604. The van der Waals surface area contributed by atoms with Gasteiger partial charge in [0.1, 0.15) is 0 Å². The molecule has 0 bridgehead atoms. The summed E-state index contributed by atoms with van der Waals surface area (Å²) in [5.41, 5.74) is 1.28. The van der Waals surface area contributed by atoms with E-state index in [1.807, 2.05) is 7.05 Å². The zero-order chi connectivity index (χ0) is 18.9. The second-order valence-electron chi connectivity index (χ2n) is 7.44. The first kappa shape index (κ1) is 19.5. The van der Waals surface area contributed by atoms with Crippen LogP contribution in [0.25, 0.3) is 0 Å². The molecule has 0 radical (unpaired) electrons. The molecule has 1 saturated carbocycles. The van der Waals surface area contributed by atoms with Gasteiger partial charge in [-0.3, -0.25) is 9.79 Å². The molecule has 1 heterocycles. The molecule has 1 aliphatic carbocycles. The second kappa shape index (κ2) is 10.2. The molecule has 0 unspecified atom stereocenters. The maximum absolute atomic E-state index is 12.1. The van der Waals surface area contributed by atoms with Crippen molar-refractivity contribution >= 4 is 17.6 Å². The van der Waals surface area contributed by atoms with Gasteiger partial charge in [-0.05, 0) is 25.0 Å². The molecule has 2 fully saturated rings. The van der Waals surface area contributed by atoms with Crippen molar-refractivity contribution in [2.75, 3.05) is 44.7 Å². The van der Waals surface area contributed by atoms with E-state index in [2.05, 4.69) is 55.8 Å². The van der Waals surface area contributed by atoms with Gasteiger partial charge in [0, 0.05) is 57.9 Å². The number of para-hydroxylation sites is 1. The minimum Gasteiger partial charge on any atom is -0.368 e. The molecule has 1 aromatic rings. The lowest BCUT2D eigenvalue weighted by molar-refractivity contribution is -0.121. The monoisotopic (exact) mass is 371 g/mol. The Labute approximate surface area is 163 Å². The normalized spacial score (nSPS) is 19.1. The molecule has 2 aliphatic rings. The van der Waals surface area contributed by atoms with Gasteiger partial charge < -0.3 is 20.4 Å². The molecule has 148 valence electrons. The Hall–Kier alpha value is -2.24. The van der Waals surface area contributed by atoms with Crippen LogP contribution in [0.5, 0.6) is 0 Å². The molecule has 0 aromatic heterocycles. The van der Waals surface area contributed by atoms with Crippen molar-refractivity contribution in [1.29, 1.82) is 0 Å². The van der Waals surface area contributed by atoms with E-state index < -0.39 is 0 Å². The standard InChI is InChI=1S/C21H33N5O/c1-22-21(23-13-12-20(27)24-18-8-4-2-5-9-18)26-16-14-25(15-17-26)19-10-6-3-7-11-19/h3,6-7,10-11,18H,2,4-5,8-9,12-17H2,1H3,(H,22,23)(H,24,27). The van der Waals surface area contributed by atoms with Crippen LogP contribution in [0.15, 0.2) is 35.3 Å². The molecule has 1 aromatic carbocycles. The van der Waals surface area contributed by atoms with Crippen LogP contribution in [0.1, 0.15) is 38.5 Å². The smallest absolute Gasteiger partial charge is 0.221 e. The summed E-state index contributed by atoms with van der Waals surface area (Å²) >= 11 is 0. The Kier molecular flexibility index (Phi) is 7.36. The molecule has 3 rings (SSSR count). The van der Waals surface area contributed by atoms with Crippen LogP contribution in [0.2, 0.25) is 0 Å². The third kappa shape index (κ3) is 5.88. The van der Waals surface area contributed by atoms with Crippen LogP contribution in [0.4, 0.5) is 5.69 Å². The zero-order valence-electron chi connectivity index (χ0n) is 16.5. The Morgan fingerprint density at radius 3 is 2.44 bits per heavy atom. The molecule has 1 aliphatic heterocycles. The van der Waals surface area contributed by atoms with Crippen LogP contribution < -0.4 is 15.5 Å². The summed E-state index contributed by atoms with van der Waals surface area (Å²) in [6.45, 7) is 4.45. The van der Waals surface area contributed by atoms with Crippen LogP contribution in [0, 0.1) is 0 Å². The molecule has 1 saturated heterocycles. The van der Waals surface area contributed by atoms with E-state index in [-0.39, 0.29) is 5.91 Å². The number of guanidine groups is 1. The van der Waals surface area contributed by atoms with Gasteiger partial charge in [-0.2, -0.15) is 0 Å². The molecule has 0 spiro atoms. The van der Waals surface area contributed by atoms with E-state index in [0.717, 1.165) is 45.0 Å². The molecule has 1 amide bonds.